The van der Waals surface area contributed by atoms with Crippen molar-refractivity contribution in [3.05, 3.63) is 25.0 Å². The van der Waals surface area contributed by atoms with E-state index in [1.54, 1.807) is 19.0 Å². The zero-order valence-electron chi connectivity index (χ0n) is 15.6. The minimum atomic E-state index is -0.359. The number of nitrogens with zero attached hydrogens (tertiary/aromatic N) is 7. The summed E-state index contributed by atoms with van der Waals surface area (Å²) in [5.41, 5.74) is 0. The van der Waals surface area contributed by atoms with Gasteiger partial charge in [-0.25, -0.2) is 19.6 Å². The van der Waals surface area contributed by atoms with Crippen molar-refractivity contribution in [1.82, 2.24) is 24.7 Å². The third-order valence-electron chi connectivity index (χ3n) is 6.53. The van der Waals surface area contributed by atoms with Gasteiger partial charge in [-0.05, 0) is 43.9 Å². The normalized spacial score (nSPS) is 31.1. The number of hydrogen-bond acceptors (Lipinski definition) is 7. The van der Waals surface area contributed by atoms with E-state index in [9.17, 15) is 5.11 Å². The van der Waals surface area contributed by atoms with Crippen molar-refractivity contribution in [3.8, 4) is 0 Å². The monoisotopic (exact) mass is 369 g/mol. The summed E-state index contributed by atoms with van der Waals surface area (Å²) in [7, 11) is 0. The standard InChI is InChI=1S/C19H27N7O/c27-17-7-15-10-25(9-14(15)6-16(17)26-13-20-11-23-26)19-8-18(21-12-22-19)24-4-2-1-3-5-24/h8,11-17,27H,1-7,9-10H2/t14-,15+,16-,17-/m1/s1. The highest BCUT2D eigenvalue weighted by Crippen LogP contribution is 2.42. The first-order valence-corrected chi connectivity index (χ1v) is 10.1. The number of aliphatic hydroxyl groups is 1. The molecular formula is C19H27N7O. The number of anilines is 2. The number of piperidine rings is 1. The predicted octanol–water partition coefficient (Wildman–Crippen LogP) is 1.51. The number of fused-ring (bicyclic) bond motifs is 1. The summed E-state index contributed by atoms with van der Waals surface area (Å²) in [6.45, 7) is 4.13. The van der Waals surface area contributed by atoms with Crippen LogP contribution in [0.1, 0.15) is 38.1 Å². The van der Waals surface area contributed by atoms with Gasteiger partial charge in [-0.2, -0.15) is 5.10 Å². The summed E-state index contributed by atoms with van der Waals surface area (Å²) in [6, 6.07) is 2.18. The second-order valence-corrected chi connectivity index (χ2v) is 8.19. The Morgan fingerprint density at radius 3 is 2.37 bits per heavy atom. The van der Waals surface area contributed by atoms with Crippen LogP contribution in [-0.4, -0.2) is 62.1 Å². The van der Waals surface area contributed by atoms with Gasteiger partial charge < -0.3 is 14.9 Å². The summed E-state index contributed by atoms with van der Waals surface area (Å²) >= 11 is 0. The average Bonchev–Trinajstić information content (AvgIpc) is 3.38. The maximum absolute atomic E-state index is 10.6. The van der Waals surface area contributed by atoms with E-state index in [2.05, 4.69) is 35.9 Å². The Hall–Kier alpha value is -2.22. The van der Waals surface area contributed by atoms with Crippen molar-refractivity contribution in [2.24, 2.45) is 11.8 Å². The number of rotatable bonds is 3. The zero-order valence-corrected chi connectivity index (χ0v) is 15.6. The van der Waals surface area contributed by atoms with E-state index in [0.29, 0.717) is 11.8 Å². The van der Waals surface area contributed by atoms with Gasteiger partial charge in [0.1, 0.15) is 30.6 Å². The smallest absolute Gasteiger partial charge is 0.137 e. The van der Waals surface area contributed by atoms with Gasteiger partial charge in [0.05, 0.1) is 12.1 Å². The van der Waals surface area contributed by atoms with Crippen LogP contribution in [0.15, 0.2) is 25.0 Å². The maximum atomic E-state index is 10.6. The van der Waals surface area contributed by atoms with E-state index in [1.165, 1.54) is 19.3 Å². The van der Waals surface area contributed by atoms with Crippen molar-refractivity contribution < 1.29 is 5.11 Å². The van der Waals surface area contributed by atoms with Crippen molar-refractivity contribution in [3.63, 3.8) is 0 Å². The summed E-state index contributed by atoms with van der Waals surface area (Å²) in [5, 5.41) is 14.9. The highest BCUT2D eigenvalue weighted by atomic mass is 16.3. The van der Waals surface area contributed by atoms with Crippen LogP contribution in [0.3, 0.4) is 0 Å². The molecule has 144 valence electrons. The molecule has 2 aliphatic heterocycles. The van der Waals surface area contributed by atoms with Crippen LogP contribution in [-0.2, 0) is 0 Å². The molecule has 27 heavy (non-hydrogen) atoms. The van der Waals surface area contributed by atoms with Crippen molar-refractivity contribution in [2.45, 2.75) is 44.2 Å². The number of hydrogen-bond donors (Lipinski definition) is 1. The molecule has 3 aliphatic rings. The number of aromatic nitrogens is 5. The maximum Gasteiger partial charge on any atom is 0.137 e. The molecule has 1 N–H and O–H groups in total. The van der Waals surface area contributed by atoms with Crippen LogP contribution >= 0.6 is 0 Å². The van der Waals surface area contributed by atoms with Crippen LogP contribution < -0.4 is 9.80 Å². The quantitative estimate of drug-likeness (QED) is 0.878. The van der Waals surface area contributed by atoms with Gasteiger partial charge in [-0.3, -0.25) is 0 Å². The minimum absolute atomic E-state index is 0.0306. The number of aliphatic hydroxyl groups excluding tert-OH is 1. The third-order valence-corrected chi connectivity index (χ3v) is 6.53. The second kappa shape index (κ2) is 7.07. The first-order chi connectivity index (χ1) is 13.3. The Labute approximate surface area is 159 Å². The molecule has 1 saturated carbocycles. The molecule has 2 aromatic heterocycles. The SMILES string of the molecule is O[C@@H]1C[C@H]2CN(c3cc(N4CCCCC4)ncn3)C[C@H]2C[C@H]1n1cncn1. The van der Waals surface area contributed by atoms with Gasteiger partial charge in [0.25, 0.3) is 0 Å². The minimum Gasteiger partial charge on any atom is -0.391 e. The van der Waals surface area contributed by atoms with Crippen molar-refractivity contribution in [1.29, 1.82) is 0 Å². The van der Waals surface area contributed by atoms with Crippen molar-refractivity contribution >= 4 is 11.6 Å². The van der Waals surface area contributed by atoms with E-state index in [0.717, 1.165) is 50.7 Å². The molecule has 0 amide bonds. The summed E-state index contributed by atoms with van der Waals surface area (Å²) in [5.74, 6) is 3.13. The molecule has 8 nitrogen and oxygen atoms in total. The Kier molecular flexibility index (Phi) is 4.43. The zero-order chi connectivity index (χ0) is 18.2. The van der Waals surface area contributed by atoms with Crippen LogP contribution in [0.4, 0.5) is 11.6 Å². The first kappa shape index (κ1) is 16.9. The van der Waals surface area contributed by atoms with Gasteiger partial charge in [-0.1, -0.05) is 0 Å². The lowest BCUT2D eigenvalue weighted by Gasteiger charge is -2.34. The summed E-state index contributed by atoms with van der Waals surface area (Å²) in [4.78, 5) is 17.9. The second-order valence-electron chi connectivity index (χ2n) is 8.19. The lowest BCUT2D eigenvalue weighted by atomic mass is 9.77. The van der Waals surface area contributed by atoms with Crippen LogP contribution in [0, 0.1) is 11.8 Å². The van der Waals surface area contributed by atoms with Crippen molar-refractivity contribution in [2.75, 3.05) is 36.0 Å². The molecule has 2 aromatic rings. The summed E-state index contributed by atoms with van der Waals surface area (Å²) in [6.07, 6.45) is 10.2. The van der Waals surface area contributed by atoms with Crippen LogP contribution in [0.2, 0.25) is 0 Å². The fourth-order valence-corrected chi connectivity index (χ4v) is 5.07. The Balaban J connectivity index is 1.31. The fraction of sp³-hybridized carbons (Fsp3) is 0.684. The summed E-state index contributed by atoms with van der Waals surface area (Å²) < 4.78 is 1.82. The Bertz CT molecular complexity index is 761. The third kappa shape index (κ3) is 3.26. The highest BCUT2D eigenvalue weighted by molar-refractivity contribution is 5.51. The molecule has 0 aromatic carbocycles. The van der Waals surface area contributed by atoms with E-state index in [1.807, 2.05) is 4.68 Å². The van der Waals surface area contributed by atoms with Gasteiger partial charge in [0.2, 0.25) is 0 Å². The van der Waals surface area contributed by atoms with Gasteiger partial charge in [0.15, 0.2) is 0 Å². The molecule has 5 rings (SSSR count). The van der Waals surface area contributed by atoms with Gasteiger partial charge in [0, 0.05) is 32.2 Å². The van der Waals surface area contributed by atoms with Crippen LogP contribution in [0.25, 0.3) is 0 Å². The van der Waals surface area contributed by atoms with E-state index < -0.39 is 0 Å². The largest absolute Gasteiger partial charge is 0.391 e. The molecule has 0 unspecified atom stereocenters. The van der Waals surface area contributed by atoms with E-state index in [-0.39, 0.29) is 12.1 Å². The van der Waals surface area contributed by atoms with E-state index >= 15 is 0 Å². The molecule has 4 atom stereocenters. The average molecular weight is 369 g/mol. The molecule has 1 aliphatic carbocycles. The molecular weight excluding hydrogens is 342 g/mol. The highest BCUT2D eigenvalue weighted by Gasteiger charge is 2.43. The van der Waals surface area contributed by atoms with Crippen LogP contribution in [0.5, 0.6) is 0 Å². The topological polar surface area (TPSA) is 83.2 Å². The molecule has 0 bridgehead atoms. The molecule has 3 fully saturated rings. The molecule has 0 spiro atoms. The predicted molar refractivity (Wildman–Crippen MR) is 102 cm³/mol. The fourth-order valence-electron chi connectivity index (χ4n) is 5.07. The molecule has 0 radical (unpaired) electrons. The molecule has 4 heterocycles. The van der Waals surface area contributed by atoms with Gasteiger partial charge >= 0.3 is 0 Å². The Morgan fingerprint density at radius 1 is 0.889 bits per heavy atom. The molecule has 2 saturated heterocycles. The lowest BCUT2D eigenvalue weighted by molar-refractivity contribution is 0.0305. The lowest BCUT2D eigenvalue weighted by Crippen LogP contribution is -2.36. The Morgan fingerprint density at radius 2 is 1.63 bits per heavy atom. The van der Waals surface area contributed by atoms with Gasteiger partial charge in [-0.15, -0.1) is 0 Å². The first-order valence-electron chi connectivity index (χ1n) is 10.1. The molecule has 8 heteroatoms. The van der Waals surface area contributed by atoms with E-state index in [4.69, 9.17) is 0 Å².